The zero-order chi connectivity index (χ0) is 7.84. The summed E-state index contributed by atoms with van der Waals surface area (Å²) >= 11 is 0. The van der Waals surface area contributed by atoms with Crippen molar-refractivity contribution >= 4 is 25.1 Å². The number of nitrogens with two attached hydrogens (primary N) is 1. The van der Waals surface area contributed by atoms with Crippen LogP contribution in [0.5, 0.6) is 0 Å². The summed E-state index contributed by atoms with van der Waals surface area (Å²) in [5, 5.41) is 0.470. The number of imidazole rings is 1. The van der Waals surface area contributed by atoms with E-state index < -0.39 is 8.64 Å². The maximum atomic E-state index is 9.29. The second-order valence-corrected chi connectivity index (χ2v) is 3.73. The molecule has 2 aromatic rings. The fraction of sp³-hybridized carbons (Fsp3) is 0. The van der Waals surface area contributed by atoms with Crippen molar-refractivity contribution in [3.8, 4) is 0 Å². The molecule has 0 aliphatic rings. The lowest BCUT2D eigenvalue weighted by Crippen LogP contribution is -2.04. The number of fused-ring (bicyclic) bond motifs is 1. The number of hydrogen-bond donors (Lipinski definition) is 3. The first kappa shape index (κ1) is 6.29. The Hall–Kier alpha value is -1.43. The average molecular weight is 166 g/mol. The van der Waals surface area contributed by atoms with Gasteiger partial charge in [0.15, 0.2) is 5.65 Å². The highest BCUT2D eigenvalue weighted by Gasteiger charge is 2.06. The molecule has 11 heavy (non-hydrogen) atoms. The highest BCUT2D eigenvalue weighted by Crippen LogP contribution is 2.11. The molecule has 0 saturated carbocycles. The van der Waals surface area contributed by atoms with E-state index in [-0.39, 0.29) is 0 Å². The van der Waals surface area contributed by atoms with Crippen molar-refractivity contribution in [2.45, 2.75) is 0 Å². The molecule has 5 nitrogen and oxygen atoms in total. The van der Waals surface area contributed by atoms with Gasteiger partial charge in [-0.15, -0.1) is 0 Å². The summed E-state index contributed by atoms with van der Waals surface area (Å²) in [6.07, 6.45) is 1.51. The maximum Gasteiger partial charge on any atom is 0.305 e. The normalized spacial score (nSPS) is 10.5. The zero-order valence-electron chi connectivity index (χ0n) is 5.57. The maximum absolute atomic E-state index is 9.29. The Bertz CT molecular complexity index is 398. The standard InChI is InChI=1S/C5H6N4OSi/c6-4-3-5(8-1-7-3)9-2-11(4)10/h1-2,10H,6H2,(H,7,8,9). The predicted octanol–water partition coefficient (Wildman–Crippen LogP) is -0.679. The van der Waals surface area contributed by atoms with E-state index in [2.05, 4.69) is 15.0 Å². The van der Waals surface area contributed by atoms with E-state index in [1.54, 1.807) is 0 Å². The third-order valence-corrected chi connectivity index (χ3v) is 2.65. The number of nitrogen functional groups attached to an aromatic ring is 1. The van der Waals surface area contributed by atoms with Gasteiger partial charge >= 0.3 is 8.64 Å². The molecular formula is C5H6N4OSi. The number of aromatic amines is 1. The molecule has 0 saturated heterocycles. The third-order valence-electron chi connectivity index (χ3n) is 1.47. The van der Waals surface area contributed by atoms with Crippen molar-refractivity contribution in [3.05, 3.63) is 12.1 Å². The molecule has 2 aromatic heterocycles. The number of hydrogen-bond acceptors (Lipinski definition) is 4. The Morgan fingerprint density at radius 3 is 3.18 bits per heavy atom. The van der Waals surface area contributed by atoms with Crippen LogP contribution in [0.15, 0.2) is 12.1 Å². The van der Waals surface area contributed by atoms with Gasteiger partial charge in [-0.2, -0.15) is 0 Å². The summed E-state index contributed by atoms with van der Waals surface area (Å²) in [6.45, 7) is 0. The first-order valence-electron chi connectivity index (χ1n) is 3.05. The van der Waals surface area contributed by atoms with E-state index in [1.165, 1.54) is 12.1 Å². The van der Waals surface area contributed by atoms with Crippen LogP contribution in [0.2, 0.25) is 0 Å². The van der Waals surface area contributed by atoms with Crippen LogP contribution >= 0.6 is 0 Å². The summed E-state index contributed by atoms with van der Waals surface area (Å²) in [6, 6.07) is 0. The average Bonchev–Trinajstić information content (AvgIpc) is 2.45. The van der Waals surface area contributed by atoms with Gasteiger partial charge < -0.3 is 15.5 Å². The summed E-state index contributed by atoms with van der Waals surface area (Å²) in [4.78, 5) is 19.9. The van der Waals surface area contributed by atoms with Crippen LogP contribution in [-0.2, 0) is 0 Å². The van der Waals surface area contributed by atoms with Gasteiger partial charge in [-0.1, -0.05) is 0 Å². The van der Waals surface area contributed by atoms with Crippen molar-refractivity contribution in [2.75, 3.05) is 5.73 Å². The largest absolute Gasteiger partial charge is 0.561 e. The van der Waals surface area contributed by atoms with Crippen LogP contribution in [0.25, 0.3) is 11.2 Å². The molecule has 0 radical (unpaired) electrons. The van der Waals surface area contributed by atoms with Gasteiger partial charge in [0, 0.05) is 0 Å². The molecule has 2 heterocycles. The number of nitrogens with one attached hydrogen (secondary N) is 1. The van der Waals surface area contributed by atoms with Crippen molar-refractivity contribution in [3.63, 3.8) is 0 Å². The SMILES string of the molecule is Nc1c2[nH]cnc2nc[si]1O. The van der Waals surface area contributed by atoms with Gasteiger partial charge in [0.2, 0.25) is 0 Å². The van der Waals surface area contributed by atoms with Crippen LogP contribution in [-0.4, -0.2) is 28.4 Å². The minimum atomic E-state index is -1.72. The highest BCUT2D eigenvalue weighted by molar-refractivity contribution is 6.53. The first-order chi connectivity index (χ1) is 5.29. The van der Waals surface area contributed by atoms with Gasteiger partial charge in [0.25, 0.3) is 0 Å². The lowest BCUT2D eigenvalue weighted by atomic mass is 10.6. The van der Waals surface area contributed by atoms with Crippen molar-refractivity contribution < 1.29 is 4.80 Å². The van der Waals surface area contributed by atoms with E-state index in [0.29, 0.717) is 16.5 Å². The van der Waals surface area contributed by atoms with Crippen molar-refractivity contribution in [2.24, 2.45) is 0 Å². The van der Waals surface area contributed by atoms with E-state index >= 15 is 0 Å². The predicted molar refractivity (Wildman–Crippen MR) is 41.9 cm³/mol. The van der Waals surface area contributed by atoms with Crippen LogP contribution < -0.4 is 5.73 Å². The molecule has 4 N–H and O–H groups in total. The molecule has 0 spiro atoms. The number of H-pyrrole nitrogens is 1. The van der Waals surface area contributed by atoms with Gasteiger partial charge in [-0.3, -0.25) is 0 Å². The van der Waals surface area contributed by atoms with Gasteiger partial charge in [0.1, 0.15) is 5.52 Å². The second-order valence-electron chi connectivity index (χ2n) is 2.16. The Labute approximate surface area is 63.6 Å². The van der Waals surface area contributed by atoms with Crippen molar-refractivity contribution in [1.82, 2.24) is 15.0 Å². The Kier molecular flexibility index (Phi) is 1.16. The minimum Gasteiger partial charge on any atom is -0.561 e. The van der Waals surface area contributed by atoms with E-state index in [9.17, 15) is 4.80 Å². The number of nitrogens with zero attached hydrogens (tertiary/aromatic N) is 2. The van der Waals surface area contributed by atoms with Crippen molar-refractivity contribution in [1.29, 1.82) is 0 Å². The molecule has 56 valence electrons. The van der Waals surface area contributed by atoms with E-state index in [0.717, 1.165) is 0 Å². The Morgan fingerprint density at radius 2 is 2.36 bits per heavy atom. The minimum absolute atomic E-state index is 0.470. The molecule has 0 fully saturated rings. The van der Waals surface area contributed by atoms with Crippen LogP contribution in [0.1, 0.15) is 0 Å². The fourth-order valence-corrected chi connectivity index (χ4v) is 1.73. The van der Waals surface area contributed by atoms with Gasteiger partial charge in [-0.25, -0.2) is 9.97 Å². The first-order valence-corrected chi connectivity index (χ1v) is 4.58. The van der Waals surface area contributed by atoms with Gasteiger partial charge in [0.05, 0.1) is 17.4 Å². The molecule has 0 aromatic carbocycles. The monoisotopic (exact) mass is 166 g/mol. The zero-order valence-corrected chi connectivity index (χ0v) is 6.57. The van der Waals surface area contributed by atoms with Crippen LogP contribution in [0.4, 0.5) is 5.30 Å². The van der Waals surface area contributed by atoms with Crippen LogP contribution in [0, 0.1) is 0 Å². The Morgan fingerprint density at radius 1 is 1.55 bits per heavy atom. The summed E-state index contributed by atoms with van der Waals surface area (Å²) in [7, 11) is -1.72. The summed E-state index contributed by atoms with van der Waals surface area (Å²) < 4.78 is 0. The Balaban J connectivity index is 2.93. The number of rotatable bonds is 0. The summed E-state index contributed by atoms with van der Waals surface area (Å²) in [5.41, 5.74) is 6.80. The number of anilines is 1. The topological polar surface area (TPSA) is 87.8 Å². The lowest BCUT2D eigenvalue weighted by molar-refractivity contribution is 0.607. The molecule has 0 bridgehead atoms. The molecule has 0 aliphatic carbocycles. The smallest absolute Gasteiger partial charge is 0.305 e. The lowest BCUT2D eigenvalue weighted by Gasteiger charge is -1.95. The van der Waals surface area contributed by atoms with Crippen LogP contribution in [0.3, 0.4) is 0 Å². The quantitative estimate of drug-likeness (QED) is 0.452. The second kappa shape index (κ2) is 2.02. The fourth-order valence-electron chi connectivity index (χ4n) is 0.903. The van der Waals surface area contributed by atoms with E-state index in [1.807, 2.05) is 0 Å². The molecule has 0 atom stereocenters. The molecule has 0 amide bonds. The molecule has 0 aliphatic heterocycles. The molecule has 6 heteroatoms. The third kappa shape index (κ3) is 0.794. The molecule has 0 unspecified atom stereocenters. The highest BCUT2D eigenvalue weighted by atomic mass is 28.3. The molecular weight excluding hydrogens is 160 g/mol. The van der Waals surface area contributed by atoms with Gasteiger partial charge in [-0.05, 0) is 0 Å². The number of aromatic nitrogens is 3. The van der Waals surface area contributed by atoms with E-state index in [4.69, 9.17) is 5.73 Å². The summed E-state index contributed by atoms with van der Waals surface area (Å²) in [5.74, 6) is 1.46. The molecule has 2 rings (SSSR count).